The van der Waals surface area contributed by atoms with Gasteiger partial charge in [-0.1, -0.05) is 48.5 Å². The molecular formula is C48H54N4O6. The highest BCUT2D eigenvalue weighted by Crippen LogP contribution is 2.35. The summed E-state index contributed by atoms with van der Waals surface area (Å²) in [5.41, 5.74) is 12.7. The molecule has 4 aromatic carbocycles. The van der Waals surface area contributed by atoms with Crippen LogP contribution in [0.3, 0.4) is 0 Å². The van der Waals surface area contributed by atoms with Gasteiger partial charge in [-0.05, 0) is 96.5 Å². The Kier molecular flexibility index (Phi) is 15.2. The number of nitrogens with one attached hydrogen (secondary N) is 2. The predicted octanol–water partition coefficient (Wildman–Crippen LogP) is 7.86. The lowest BCUT2D eigenvalue weighted by Crippen LogP contribution is -2.18. The number of aryl methyl sites for hydroxylation is 2. The third kappa shape index (κ3) is 11.2. The maximum atomic E-state index is 9.31. The first-order valence-electron chi connectivity index (χ1n) is 19.7. The van der Waals surface area contributed by atoms with Crippen molar-refractivity contribution in [2.75, 3.05) is 26.3 Å². The van der Waals surface area contributed by atoms with Gasteiger partial charge in [0.05, 0.1) is 13.2 Å². The molecule has 0 radical (unpaired) electrons. The van der Waals surface area contributed by atoms with Gasteiger partial charge in [0.2, 0.25) is 0 Å². The van der Waals surface area contributed by atoms with Crippen molar-refractivity contribution in [3.8, 4) is 34.1 Å². The van der Waals surface area contributed by atoms with E-state index in [0.29, 0.717) is 52.6 Å². The lowest BCUT2D eigenvalue weighted by atomic mass is 9.92. The molecule has 6 aromatic rings. The van der Waals surface area contributed by atoms with E-state index in [0.717, 1.165) is 89.8 Å². The number of aliphatic hydroxyl groups is 2. The zero-order valence-electron chi connectivity index (χ0n) is 33.9. The number of ether oxygens (including phenoxy) is 4. The van der Waals surface area contributed by atoms with Crippen LogP contribution in [0.25, 0.3) is 11.1 Å². The van der Waals surface area contributed by atoms with E-state index in [9.17, 15) is 10.2 Å². The van der Waals surface area contributed by atoms with Crippen molar-refractivity contribution in [1.29, 1.82) is 0 Å². The molecule has 0 saturated heterocycles. The van der Waals surface area contributed by atoms with E-state index in [1.807, 2.05) is 50.2 Å². The molecule has 2 heterocycles. The highest BCUT2D eigenvalue weighted by molar-refractivity contribution is 5.72. The summed E-state index contributed by atoms with van der Waals surface area (Å²) in [6.07, 6.45) is 7.09. The fraction of sp³-hybridized carbons (Fsp3) is 0.292. The number of hydrogen-bond donors (Lipinski definition) is 4. The lowest BCUT2D eigenvalue weighted by molar-refractivity contribution is 0.281. The zero-order valence-corrected chi connectivity index (χ0v) is 33.9. The average molecular weight is 783 g/mol. The second kappa shape index (κ2) is 21.1. The van der Waals surface area contributed by atoms with Crippen LogP contribution in [0, 0.1) is 27.7 Å². The van der Waals surface area contributed by atoms with Crippen molar-refractivity contribution >= 4 is 0 Å². The molecule has 0 spiro atoms. The first-order chi connectivity index (χ1) is 28.3. The minimum atomic E-state index is 0.0627. The summed E-state index contributed by atoms with van der Waals surface area (Å²) in [5, 5.41) is 25.2. The minimum Gasteiger partial charge on any atom is -0.488 e. The summed E-state index contributed by atoms with van der Waals surface area (Å²) in [6, 6.07) is 28.6. The molecule has 2 aromatic heterocycles. The summed E-state index contributed by atoms with van der Waals surface area (Å²) < 4.78 is 25.6. The van der Waals surface area contributed by atoms with Crippen LogP contribution >= 0.6 is 0 Å². The number of pyridine rings is 2. The van der Waals surface area contributed by atoms with Crippen molar-refractivity contribution < 1.29 is 29.2 Å². The van der Waals surface area contributed by atoms with Crippen LogP contribution in [0.5, 0.6) is 23.0 Å². The largest absolute Gasteiger partial charge is 0.488 e. The van der Waals surface area contributed by atoms with E-state index in [1.165, 1.54) is 0 Å². The van der Waals surface area contributed by atoms with Crippen molar-refractivity contribution in [2.45, 2.75) is 67.2 Å². The molecule has 58 heavy (non-hydrogen) atoms. The maximum absolute atomic E-state index is 9.31. The SMILES string of the molecule is Cc1cc(CNCCO)c(OCc2cccnc2)cc1OCc1cccc(-c2cccc(COc3cc(OCc4cccnc4)c(CNCCO)cc3C)c2C)c1C. The van der Waals surface area contributed by atoms with E-state index in [2.05, 4.69) is 83.0 Å². The van der Waals surface area contributed by atoms with Gasteiger partial charge in [-0.25, -0.2) is 0 Å². The Morgan fingerprint density at radius 1 is 0.483 bits per heavy atom. The van der Waals surface area contributed by atoms with Gasteiger partial charge in [0.1, 0.15) is 49.4 Å². The fourth-order valence-corrected chi connectivity index (χ4v) is 6.78. The van der Waals surface area contributed by atoms with E-state index in [4.69, 9.17) is 18.9 Å². The fourth-order valence-electron chi connectivity index (χ4n) is 6.78. The van der Waals surface area contributed by atoms with Crippen molar-refractivity contribution in [1.82, 2.24) is 20.6 Å². The quantitative estimate of drug-likeness (QED) is 0.0537. The van der Waals surface area contributed by atoms with Crippen LogP contribution in [0.1, 0.15) is 55.6 Å². The van der Waals surface area contributed by atoms with E-state index >= 15 is 0 Å². The van der Waals surface area contributed by atoms with Crippen molar-refractivity contribution in [3.05, 3.63) is 165 Å². The Bertz CT molecular complexity index is 2070. The molecule has 4 N–H and O–H groups in total. The van der Waals surface area contributed by atoms with Crippen molar-refractivity contribution in [2.24, 2.45) is 0 Å². The van der Waals surface area contributed by atoms with Crippen LogP contribution < -0.4 is 29.6 Å². The van der Waals surface area contributed by atoms with Gasteiger partial charge >= 0.3 is 0 Å². The number of aliphatic hydroxyl groups excluding tert-OH is 2. The number of nitrogens with zero attached hydrogens (tertiary/aromatic N) is 2. The second-order valence-corrected chi connectivity index (χ2v) is 14.3. The summed E-state index contributed by atoms with van der Waals surface area (Å²) >= 11 is 0. The Morgan fingerprint density at radius 2 is 0.914 bits per heavy atom. The molecule has 0 saturated carbocycles. The molecule has 10 heteroatoms. The van der Waals surface area contributed by atoms with Crippen LogP contribution in [0.4, 0.5) is 0 Å². The molecule has 0 unspecified atom stereocenters. The average Bonchev–Trinajstić information content (AvgIpc) is 3.24. The first-order valence-corrected chi connectivity index (χ1v) is 19.7. The Hall–Kier alpha value is -5.78. The van der Waals surface area contributed by atoms with E-state index < -0.39 is 0 Å². The van der Waals surface area contributed by atoms with Gasteiger partial charge in [0.15, 0.2) is 0 Å². The monoisotopic (exact) mass is 782 g/mol. The molecule has 0 bridgehead atoms. The number of hydrogen-bond acceptors (Lipinski definition) is 10. The lowest BCUT2D eigenvalue weighted by Gasteiger charge is -2.19. The van der Waals surface area contributed by atoms with E-state index in [-0.39, 0.29) is 13.2 Å². The minimum absolute atomic E-state index is 0.0627. The summed E-state index contributed by atoms with van der Waals surface area (Å²) in [4.78, 5) is 8.42. The molecule has 0 fully saturated rings. The third-order valence-corrected chi connectivity index (χ3v) is 10.1. The molecular weight excluding hydrogens is 729 g/mol. The highest BCUT2D eigenvalue weighted by Gasteiger charge is 2.16. The predicted molar refractivity (Wildman–Crippen MR) is 227 cm³/mol. The van der Waals surface area contributed by atoms with Crippen LogP contribution in [-0.4, -0.2) is 46.5 Å². The summed E-state index contributed by atoms with van der Waals surface area (Å²) in [6.45, 7) is 12.2. The number of rotatable bonds is 21. The molecule has 0 aliphatic carbocycles. The van der Waals surface area contributed by atoms with Gasteiger partial charge in [0.25, 0.3) is 0 Å². The molecule has 6 rings (SSSR count). The zero-order chi connectivity index (χ0) is 40.7. The van der Waals surface area contributed by atoms with Gasteiger partial charge in [-0.15, -0.1) is 0 Å². The molecule has 0 atom stereocenters. The van der Waals surface area contributed by atoms with Gasteiger partial charge < -0.3 is 39.8 Å². The first kappa shape index (κ1) is 41.8. The molecule has 0 amide bonds. The smallest absolute Gasteiger partial charge is 0.128 e. The molecule has 10 nitrogen and oxygen atoms in total. The highest BCUT2D eigenvalue weighted by atomic mass is 16.5. The normalized spacial score (nSPS) is 11.1. The third-order valence-electron chi connectivity index (χ3n) is 10.1. The summed E-state index contributed by atoms with van der Waals surface area (Å²) in [7, 11) is 0. The number of benzene rings is 4. The number of aromatic nitrogens is 2. The van der Waals surface area contributed by atoms with Crippen LogP contribution in [-0.2, 0) is 39.5 Å². The summed E-state index contributed by atoms with van der Waals surface area (Å²) in [5.74, 6) is 2.96. The molecule has 0 aliphatic rings. The van der Waals surface area contributed by atoms with Crippen LogP contribution in [0.2, 0.25) is 0 Å². The topological polar surface area (TPSA) is 127 Å². The second-order valence-electron chi connectivity index (χ2n) is 14.3. The van der Waals surface area contributed by atoms with E-state index in [1.54, 1.807) is 24.8 Å². The Labute approximate surface area is 341 Å². The van der Waals surface area contributed by atoms with Gasteiger partial charge in [0, 0.05) is 85.4 Å². The van der Waals surface area contributed by atoms with Gasteiger partial charge in [-0.3, -0.25) is 9.97 Å². The molecule has 0 aliphatic heterocycles. The molecule has 302 valence electrons. The van der Waals surface area contributed by atoms with Crippen LogP contribution in [0.15, 0.2) is 110 Å². The van der Waals surface area contributed by atoms with Gasteiger partial charge in [-0.2, -0.15) is 0 Å². The Morgan fingerprint density at radius 3 is 1.31 bits per heavy atom. The Balaban J connectivity index is 1.17. The maximum Gasteiger partial charge on any atom is 0.128 e. The standard InChI is InChI=1S/C48H54N4O6/c1-33-21-41(27-51-17-19-53)47(55-29-37-9-7-15-49-25-37)23-45(33)57-31-39-11-5-13-43(35(39)3)44-14-6-12-40(36(44)4)32-58-46-24-48(56-30-38-10-8-16-50-26-38)42(22-34(46)2)28-52-18-20-54/h5-16,21-26,51-54H,17-20,27-32H2,1-4H3. The van der Waals surface area contributed by atoms with Crippen molar-refractivity contribution in [3.63, 3.8) is 0 Å².